The maximum atomic E-state index is 2.43. The van der Waals surface area contributed by atoms with Gasteiger partial charge in [0, 0.05) is 33.4 Å². The predicted molar refractivity (Wildman–Crippen MR) is 207 cm³/mol. The van der Waals surface area contributed by atoms with Gasteiger partial charge in [0.05, 0.1) is 16.9 Å². The van der Waals surface area contributed by atoms with Crippen molar-refractivity contribution >= 4 is 44.8 Å². The molecule has 0 N–H and O–H groups in total. The summed E-state index contributed by atoms with van der Waals surface area (Å²) < 4.78 is 2.43. The number of nitrogens with zero attached hydrogens (tertiary/aromatic N) is 2. The lowest BCUT2D eigenvalue weighted by Crippen LogP contribution is -2.26. The molecule has 1 aromatic heterocycles. The third kappa shape index (κ3) is 4.88. The number of hydrogen-bond acceptors (Lipinski definition) is 1. The summed E-state index contributed by atoms with van der Waals surface area (Å²) in [7, 11) is 0. The van der Waals surface area contributed by atoms with Crippen molar-refractivity contribution in [2.75, 3.05) is 4.90 Å². The SMILES string of the molecule is CC1(c2cccc(-c3ccccc3N(c3ccccc3)c3ccc4ccccc4c3)c2)CC=Cc2c1c1ccccc1n2-c1ccccc1. The van der Waals surface area contributed by atoms with Crippen LogP contribution in [-0.4, -0.2) is 4.57 Å². The van der Waals surface area contributed by atoms with Gasteiger partial charge in [0.25, 0.3) is 0 Å². The van der Waals surface area contributed by atoms with Crippen molar-refractivity contribution in [1.82, 2.24) is 4.57 Å². The molecule has 0 radical (unpaired) electrons. The van der Waals surface area contributed by atoms with E-state index in [1.54, 1.807) is 0 Å². The average Bonchev–Trinajstić information content (AvgIpc) is 3.52. The van der Waals surface area contributed by atoms with Crippen molar-refractivity contribution in [3.05, 3.63) is 199 Å². The van der Waals surface area contributed by atoms with Gasteiger partial charge in [0.15, 0.2) is 0 Å². The highest BCUT2D eigenvalue weighted by atomic mass is 15.1. The van der Waals surface area contributed by atoms with E-state index in [0.717, 1.165) is 23.5 Å². The van der Waals surface area contributed by atoms with Gasteiger partial charge in [-0.15, -0.1) is 0 Å². The van der Waals surface area contributed by atoms with Gasteiger partial charge in [-0.1, -0.05) is 140 Å². The van der Waals surface area contributed by atoms with E-state index in [4.69, 9.17) is 0 Å². The number of anilines is 3. The molecular weight excluding hydrogens is 593 g/mol. The van der Waals surface area contributed by atoms with Crippen LogP contribution in [0.5, 0.6) is 0 Å². The second-order valence-corrected chi connectivity index (χ2v) is 13.2. The highest BCUT2D eigenvalue weighted by Gasteiger charge is 2.36. The summed E-state index contributed by atoms with van der Waals surface area (Å²) in [6, 6.07) is 63.8. The van der Waals surface area contributed by atoms with Crippen molar-refractivity contribution in [2.45, 2.75) is 18.8 Å². The van der Waals surface area contributed by atoms with Crippen molar-refractivity contribution in [1.29, 1.82) is 0 Å². The molecule has 49 heavy (non-hydrogen) atoms. The van der Waals surface area contributed by atoms with Crippen molar-refractivity contribution in [3.63, 3.8) is 0 Å². The molecule has 0 amide bonds. The molecule has 0 saturated heterocycles. The van der Waals surface area contributed by atoms with Crippen LogP contribution in [0.15, 0.2) is 182 Å². The van der Waals surface area contributed by atoms with E-state index in [1.165, 1.54) is 55.3 Å². The normalized spacial score (nSPS) is 15.4. The van der Waals surface area contributed by atoms with Crippen LogP contribution in [-0.2, 0) is 5.41 Å². The summed E-state index contributed by atoms with van der Waals surface area (Å²) in [6.07, 6.45) is 5.61. The standard InChI is InChI=1S/C47H36N2/c1-47(31-15-28-45-46(47)42-25-11-13-27-44(42)49(45)39-22-6-3-7-23-39)37-19-14-18-36(32-37)41-24-10-12-26-43(41)48(38-20-4-2-5-21-38)40-30-29-34-16-8-9-17-35(34)33-40/h2-30,32-33H,31H2,1H3. The third-order valence-electron chi connectivity index (χ3n) is 10.2. The molecular formula is C47H36N2. The van der Waals surface area contributed by atoms with Crippen LogP contribution in [0, 0.1) is 0 Å². The Bertz CT molecular complexity index is 2490. The molecule has 2 nitrogen and oxygen atoms in total. The number of para-hydroxylation sites is 4. The number of hydrogen-bond donors (Lipinski definition) is 0. The van der Waals surface area contributed by atoms with E-state index in [0.29, 0.717) is 0 Å². The summed E-state index contributed by atoms with van der Waals surface area (Å²) in [4.78, 5) is 2.39. The lowest BCUT2D eigenvalue weighted by Gasteiger charge is -2.34. The molecule has 1 aliphatic rings. The first-order valence-corrected chi connectivity index (χ1v) is 17.1. The largest absolute Gasteiger partial charge is 0.310 e. The van der Waals surface area contributed by atoms with Gasteiger partial charge in [0.2, 0.25) is 0 Å². The van der Waals surface area contributed by atoms with Gasteiger partial charge in [-0.25, -0.2) is 0 Å². The molecule has 0 spiro atoms. The quantitative estimate of drug-likeness (QED) is 0.178. The summed E-state index contributed by atoms with van der Waals surface area (Å²) in [5.41, 5.74) is 12.0. The van der Waals surface area contributed by atoms with Gasteiger partial charge in [-0.2, -0.15) is 0 Å². The third-order valence-corrected chi connectivity index (χ3v) is 10.2. The van der Waals surface area contributed by atoms with Crippen LogP contribution in [0.25, 0.3) is 44.6 Å². The minimum absolute atomic E-state index is 0.216. The Labute approximate surface area is 287 Å². The maximum absolute atomic E-state index is 2.43. The highest BCUT2D eigenvalue weighted by molar-refractivity contribution is 5.94. The first kappa shape index (κ1) is 29.1. The molecule has 234 valence electrons. The van der Waals surface area contributed by atoms with E-state index >= 15 is 0 Å². The number of fused-ring (bicyclic) bond motifs is 4. The Morgan fingerprint density at radius 2 is 1.29 bits per heavy atom. The highest BCUT2D eigenvalue weighted by Crippen LogP contribution is 2.48. The number of aromatic nitrogens is 1. The van der Waals surface area contributed by atoms with E-state index in [1.807, 2.05) is 0 Å². The van der Waals surface area contributed by atoms with Gasteiger partial charge < -0.3 is 9.47 Å². The number of benzene rings is 7. The first-order chi connectivity index (χ1) is 24.2. The molecule has 2 heteroatoms. The van der Waals surface area contributed by atoms with E-state index < -0.39 is 0 Å². The van der Waals surface area contributed by atoms with Crippen LogP contribution < -0.4 is 4.90 Å². The topological polar surface area (TPSA) is 8.17 Å². The maximum Gasteiger partial charge on any atom is 0.0540 e. The molecule has 1 unspecified atom stereocenters. The summed E-state index contributed by atoms with van der Waals surface area (Å²) in [5.74, 6) is 0. The monoisotopic (exact) mass is 628 g/mol. The van der Waals surface area contributed by atoms with Crippen molar-refractivity contribution in [2.24, 2.45) is 0 Å². The Kier molecular flexibility index (Phi) is 7.02. The zero-order valence-electron chi connectivity index (χ0n) is 27.5. The zero-order chi connectivity index (χ0) is 32.8. The molecule has 1 atom stereocenters. The molecule has 0 aliphatic heterocycles. The molecule has 0 bridgehead atoms. The van der Waals surface area contributed by atoms with E-state index in [-0.39, 0.29) is 5.41 Å². The number of rotatable bonds is 6. The van der Waals surface area contributed by atoms with Crippen LogP contribution in [0.2, 0.25) is 0 Å². The lowest BCUT2D eigenvalue weighted by molar-refractivity contribution is 0.578. The van der Waals surface area contributed by atoms with Crippen molar-refractivity contribution < 1.29 is 0 Å². The molecule has 7 aromatic carbocycles. The fourth-order valence-electron chi connectivity index (χ4n) is 7.89. The summed E-state index contributed by atoms with van der Waals surface area (Å²) >= 11 is 0. The Balaban J connectivity index is 1.21. The smallest absolute Gasteiger partial charge is 0.0540 e. The van der Waals surface area contributed by atoms with Gasteiger partial charge in [-0.05, 0) is 88.5 Å². The minimum atomic E-state index is -0.216. The lowest BCUT2D eigenvalue weighted by atomic mass is 9.70. The van der Waals surface area contributed by atoms with Gasteiger partial charge in [0.1, 0.15) is 0 Å². The van der Waals surface area contributed by atoms with E-state index in [2.05, 4.69) is 204 Å². The number of allylic oxidation sites excluding steroid dienone is 1. The minimum Gasteiger partial charge on any atom is -0.310 e. The molecule has 8 aromatic rings. The van der Waals surface area contributed by atoms with Crippen LogP contribution in [0.1, 0.15) is 30.2 Å². The Morgan fingerprint density at radius 1 is 0.571 bits per heavy atom. The van der Waals surface area contributed by atoms with Gasteiger partial charge in [-0.3, -0.25) is 0 Å². The van der Waals surface area contributed by atoms with Crippen molar-refractivity contribution in [3.8, 4) is 16.8 Å². The van der Waals surface area contributed by atoms with Crippen LogP contribution >= 0.6 is 0 Å². The second-order valence-electron chi connectivity index (χ2n) is 13.2. The molecule has 0 saturated carbocycles. The summed E-state index contributed by atoms with van der Waals surface area (Å²) in [6.45, 7) is 2.42. The average molecular weight is 629 g/mol. The summed E-state index contributed by atoms with van der Waals surface area (Å²) in [5, 5.41) is 3.78. The first-order valence-electron chi connectivity index (χ1n) is 17.1. The fraction of sp³-hybridized carbons (Fsp3) is 0.0638. The van der Waals surface area contributed by atoms with Crippen LogP contribution in [0.4, 0.5) is 17.1 Å². The van der Waals surface area contributed by atoms with Crippen LogP contribution in [0.3, 0.4) is 0 Å². The predicted octanol–water partition coefficient (Wildman–Crippen LogP) is 12.6. The molecule has 1 heterocycles. The molecule has 9 rings (SSSR count). The fourth-order valence-corrected chi connectivity index (χ4v) is 7.89. The second kappa shape index (κ2) is 11.8. The Morgan fingerprint density at radius 3 is 2.14 bits per heavy atom. The Hall–Kier alpha value is -6.12. The molecule has 0 fully saturated rings. The van der Waals surface area contributed by atoms with E-state index in [9.17, 15) is 0 Å². The zero-order valence-corrected chi connectivity index (χ0v) is 27.5. The molecule has 1 aliphatic carbocycles. The van der Waals surface area contributed by atoms with Gasteiger partial charge >= 0.3 is 0 Å².